The molecular weight excluding hydrogens is 306 g/mol. The molecule has 2 rings (SSSR count). The molecular formula is C14H18BrN3O. The molecule has 0 saturated heterocycles. The van der Waals surface area contributed by atoms with Crippen molar-refractivity contribution in [1.82, 2.24) is 9.78 Å². The van der Waals surface area contributed by atoms with E-state index >= 15 is 0 Å². The fourth-order valence-electron chi connectivity index (χ4n) is 2.17. The number of ether oxygens (including phenoxy) is 1. The zero-order chi connectivity index (χ0) is 13.8. The molecule has 1 aromatic heterocycles. The highest BCUT2D eigenvalue weighted by Crippen LogP contribution is 2.33. The van der Waals surface area contributed by atoms with Gasteiger partial charge in [-0.15, -0.1) is 0 Å². The Kier molecular flexibility index (Phi) is 4.74. The van der Waals surface area contributed by atoms with E-state index < -0.39 is 0 Å². The van der Waals surface area contributed by atoms with E-state index in [0.717, 1.165) is 15.7 Å². The van der Waals surface area contributed by atoms with Crippen LogP contribution in [0.1, 0.15) is 30.3 Å². The second kappa shape index (κ2) is 6.32. The molecule has 2 unspecified atom stereocenters. The Morgan fingerprint density at radius 3 is 2.58 bits per heavy atom. The van der Waals surface area contributed by atoms with Gasteiger partial charge in [0.1, 0.15) is 6.10 Å². The van der Waals surface area contributed by atoms with Gasteiger partial charge in [-0.05, 0) is 28.4 Å². The maximum atomic E-state index is 6.39. The summed E-state index contributed by atoms with van der Waals surface area (Å²) in [5, 5.41) is 4.21. The molecule has 0 radical (unpaired) electrons. The van der Waals surface area contributed by atoms with Crippen molar-refractivity contribution >= 4 is 15.9 Å². The van der Waals surface area contributed by atoms with Gasteiger partial charge in [-0.3, -0.25) is 4.68 Å². The minimum atomic E-state index is -0.274. The van der Waals surface area contributed by atoms with Crippen LogP contribution in [0.2, 0.25) is 0 Å². The second-order valence-corrected chi connectivity index (χ2v) is 5.17. The Morgan fingerprint density at radius 2 is 2.05 bits per heavy atom. The summed E-state index contributed by atoms with van der Waals surface area (Å²) in [6.45, 7) is 2.59. The fraction of sp³-hybridized carbons (Fsp3) is 0.357. The predicted molar refractivity (Wildman–Crippen MR) is 78.6 cm³/mol. The molecule has 0 aliphatic heterocycles. The van der Waals surface area contributed by atoms with Gasteiger partial charge in [0.05, 0.1) is 22.4 Å². The largest absolute Gasteiger partial charge is 0.372 e. The van der Waals surface area contributed by atoms with Crippen molar-refractivity contribution in [3.63, 3.8) is 0 Å². The summed E-state index contributed by atoms with van der Waals surface area (Å²) in [4.78, 5) is 0. The van der Waals surface area contributed by atoms with Crippen LogP contribution in [0, 0.1) is 0 Å². The van der Waals surface area contributed by atoms with Gasteiger partial charge in [0.15, 0.2) is 0 Å². The molecule has 1 heterocycles. The van der Waals surface area contributed by atoms with Crippen LogP contribution in [0.3, 0.4) is 0 Å². The molecule has 0 aliphatic carbocycles. The molecule has 0 amide bonds. The Bertz CT molecular complexity index is 507. The summed E-state index contributed by atoms with van der Waals surface area (Å²) >= 11 is 3.49. The third-order valence-electron chi connectivity index (χ3n) is 3.05. The third kappa shape index (κ3) is 3.05. The fourth-order valence-corrected chi connectivity index (χ4v) is 2.78. The number of hydrogen-bond donors (Lipinski definition) is 1. The van der Waals surface area contributed by atoms with Crippen molar-refractivity contribution in [1.29, 1.82) is 0 Å². The van der Waals surface area contributed by atoms with Gasteiger partial charge in [0.2, 0.25) is 0 Å². The Labute approximate surface area is 121 Å². The second-order valence-electron chi connectivity index (χ2n) is 4.31. The van der Waals surface area contributed by atoms with Gasteiger partial charge >= 0.3 is 0 Å². The zero-order valence-electron chi connectivity index (χ0n) is 11.1. The smallest absolute Gasteiger partial charge is 0.103 e. The molecule has 2 atom stereocenters. The summed E-state index contributed by atoms with van der Waals surface area (Å²) in [7, 11) is 1.88. The zero-order valence-corrected chi connectivity index (χ0v) is 12.7. The molecule has 0 spiro atoms. The van der Waals surface area contributed by atoms with Crippen LogP contribution in [0.5, 0.6) is 0 Å². The van der Waals surface area contributed by atoms with E-state index in [-0.39, 0.29) is 12.1 Å². The van der Waals surface area contributed by atoms with Crippen LogP contribution in [0.15, 0.2) is 41.0 Å². The average molecular weight is 324 g/mol. The van der Waals surface area contributed by atoms with Gasteiger partial charge in [0.25, 0.3) is 0 Å². The molecule has 1 aromatic carbocycles. The molecule has 102 valence electrons. The first-order valence-electron chi connectivity index (χ1n) is 6.24. The van der Waals surface area contributed by atoms with Crippen molar-refractivity contribution in [3.05, 3.63) is 52.3 Å². The van der Waals surface area contributed by atoms with E-state index in [9.17, 15) is 0 Å². The Balaban J connectivity index is 2.34. The van der Waals surface area contributed by atoms with Crippen LogP contribution < -0.4 is 5.73 Å². The summed E-state index contributed by atoms with van der Waals surface area (Å²) in [6.07, 6.45) is 1.57. The lowest BCUT2D eigenvalue weighted by Crippen LogP contribution is -2.25. The topological polar surface area (TPSA) is 53.1 Å². The number of rotatable bonds is 5. The van der Waals surface area contributed by atoms with E-state index in [1.165, 1.54) is 0 Å². The van der Waals surface area contributed by atoms with Crippen LogP contribution in [-0.2, 0) is 11.8 Å². The first-order valence-corrected chi connectivity index (χ1v) is 7.04. The van der Waals surface area contributed by atoms with Crippen LogP contribution >= 0.6 is 15.9 Å². The molecule has 2 aromatic rings. The number of nitrogens with zero attached hydrogens (tertiary/aromatic N) is 2. The quantitative estimate of drug-likeness (QED) is 0.920. The number of hydrogen-bond acceptors (Lipinski definition) is 3. The van der Waals surface area contributed by atoms with Gasteiger partial charge in [-0.2, -0.15) is 5.10 Å². The molecule has 2 N–H and O–H groups in total. The lowest BCUT2D eigenvalue weighted by atomic mass is 10.00. The minimum Gasteiger partial charge on any atom is -0.372 e. The Hall–Kier alpha value is -1.17. The van der Waals surface area contributed by atoms with Gasteiger partial charge in [0, 0.05) is 13.7 Å². The minimum absolute atomic E-state index is 0.182. The van der Waals surface area contributed by atoms with E-state index in [1.54, 1.807) is 10.9 Å². The van der Waals surface area contributed by atoms with Crippen molar-refractivity contribution in [2.75, 3.05) is 6.61 Å². The van der Waals surface area contributed by atoms with Gasteiger partial charge in [-0.1, -0.05) is 30.3 Å². The highest BCUT2D eigenvalue weighted by atomic mass is 79.9. The van der Waals surface area contributed by atoms with E-state index in [0.29, 0.717) is 6.61 Å². The molecule has 0 aliphatic rings. The summed E-state index contributed by atoms with van der Waals surface area (Å²) in [5.74, 6) is 0. The molecule has 0 fully saturated rings. The Morgan fingerprint density at radius 1 is 1.37 bits per heavy atom. The molecule has 19 heavy (non-hydrogen) atoms. The first-order chi connectivity index (χ1) is 9.15. The van der Waals surface area contributed by atoms with Gasteiger partial charge < -0.3 is 10.5 Å². The monoisotopic (exact) mass is 323 g/mol. The standard InChI is InChI=1S/C14H18BrN3O/c1-3-19-14(10-7-5-4-6-8-10)12(16)13-11(15)9-17-18(13)2/h4-9,12,14H,3,16H2,1-2H3. The van der Waals surface area contributed by atoms with Crippen LogP contribution in [0.25, 0.3) is 0 Å². The lowest BCUT2D eigenvalue weighted by Gasteiger charge is -2.24. The van der Waals surface area contributed by atoms with E-state index in [2.05, 4.69) is 21.0 Å². The van der Waals surface area contributed by atoms with Crippen LogP contribution in [0.4, 0.5) is 0 Å². The normalized spacial score (nSPS) is 14.3. The van der Waals surface area contributed by atoms with Crippen molar-refractivity contribution in [2.24, 2.45) is 12.8 Å². The van der Waals surface area contributed by atoms with Crippen molar-refractivity contribution in [3.8, 4) is 0 Å². The molecule has 4 nitrogen and oxygen atoms in total. The SMILES string of the molecule is CCOC(c1ccccc1)C(N)c1c(Br)cnn1C. The number of aryl methyl sites for hydroxylation is 1. The number of aromatic nitrogens is 2. The first kappa shape index (κ1) is 14.2. The van der Waals surface area contributed by atoms with Gasteiger partial charge in [-0.25, -0.2) is 0 Å². The molecule has 0 bridgehead atoms. The summed E-state index contributed by atoms with van der Waals surface area (Å²) in [6, 6.07) is 9.76. The molecule has 0 saturated carbocycles. The summed E-state index contributed by atoms with van der Waals surface area (Å²) in [5.41, 5.74) is 8.39. The predicted octanol–water partition coefficient (Wildman–Crippen LogP) is 2.96. The van der Waals surface area contributed by atoms with E-state index in [1.807, 2.05) is 44.3 Å². The average Bonchev–Trinajstić information content (AvgIpc) is 2.76. The number of nitrogens with two attached hydrogens (primary N) is 1. The van der Waals surface area contributed by atoms with Crippen molar-refractivity contribution in [2.45, 2.75) is 19.1 Å². The number of halogens is 1. The lowest BCUT2D eigenvalue weighted by molar-refractivity contribution is 0.0409. The maximum absolute atomic E-state index is 6.39. The molecule has 5 heteroatoms. The highest BCUT2D eigenvalue weighted by Gasteiger charge is 2.26. The number of benzene rings is 1. The van der Waals surface area contributed by atoms with E-state index in [4.69, 9.17) is 10.5 Å². The van der Waals surface area contributed by atoms with Crippen LogP contribution in [-0.4, -0.2) is 16.4 Å². The highest BCUT2D eigenvalue weighted by molar-refractivity contribution is 9.10. The maximum Gasteiger partial charge on any atom is 0.103 e. The third-order valence-corrected chi connectivity index (χ3v) is 3.66. The summed E-state index contributed by atoms with van der Waals surface area (Å²) < 4.78 is 8.52. The van der Waals surface area contributed by atoms with Crippen molar-refractivity contribution < 1.29 is 4.74 Å².